The maximum absolute atomic E-state index is 12.4. The molecule has 2 rings (SSSR count). The van der Waals surface area contributed by atoms with Crippen molar-refractivity contribution in [3.05, 3.63) is 53.6 Å². The van der Waals surface area contributed by atoms with E-state index >= 15 is 0 Å². The average Bonchev–Trinajstić information content (AvgIpc) is 2.61. The molecule has 7 heteroatoms. The molecule has 2 atom stereocenters. The van der Waals surface area contributed by atoms with Crippen molar-refractivity contribution in [3.8, 4) is 5.75 Å². The summed E-state index contributed by atoms with van der Waals surface area (Å²) in [6.45, 7) is 1.94. The van der Waals surface area contributed by atoms with Crippen molar-refractivity contribution in [1.29, 1.82) is 0 Å². The second-order valence-electron chi connectivity index (χ2n) is 6.02. The Morgan fingerprint density at radius 1 is 1.12 bits per heavy atom. The van der Waals surface area contributed by atoms with E-state index in [4.69, 9.17) is 16.3 Å². The third-order valence-electron chi connectivity index (χ3n) is 4.04. The minimum absolute atomic E-state index is 0.163. The van der Waals surface area contributed by atoms with E-state index in [-0.39, 0.29) is 18.4 Å². The Morgan fingerprint density at radius 3 is 2.42 bits per heavy atom. The van der Waals surface area contributed by atoms with Crippen LogP contribution in [0.5, 0.6) is 5.75 Å². The molecule has 0 aliphatic carbocycles. The number of amides is 2. The van der Waals surface area contributed by atoms with Crippen LogP contribution in [0.3, 0.4) is 0 Å². The summed E-state index contributed by atoms with van der Waals surface area (Å²) in [4.78, 5) is 25.3. The normalized spacial score (nSPS) is 12.8. The first-order valence-corrected chi connectivity index (χ1v) is 8.59. The van der Waals surface area contributed by atoms with Gasteiger partial charge >= 0.3 is 0 Å². The number of hydrogen-bond donors (Lipinski definition) is 3. The fraction of sp³-hybridized carbons (Fsp3) is 0.263. The molecule has 0 aromatic heterocycles. The van der Waals surface area contributed by atoms with E-state index in [2.05, 4.69) is 10.6 Å². The average molecular weight is 377 g/mol. The van der Waals surface area contributed by atoms with Gasteiger partial charge in [-0.1, -0.05) is 17.7 Å². The highest BCUT2D eigenvalue weighted by Gasteiger charge is 2.24. The molecule has 0 aliphatic rings. The summed E-state index contributed by atoms with van der Waals surface area (Å²) in [6, 6.07) is 13.6. The van der Waals surface area contributed by atoms with Gasteiger partial charge in [-0.15, -0.1) is 0 Å². The van der Waals surface area contributed by atoms with Crippen molar-refractivity contribution in [1.82, 2.24) is 0 Å². The number of carbonyl (C=O) groups excluding carboxylic acids is 2. The van der Waals surface area contributed by atoms with Crippen LogP contribution < -0.4 is 20.3 Å². The van der Waals surface area contributed by atoms with E-state index in [0.717, 1.165) is 10.6 Å². The summed E-state index contributed by atoms with van der Waals surface area (Å²) in [5.74, 6) is 0.370. The number of hydrogen-bond acceptors (Lipinski definition) is 3. The highest BCUT2D eigenvalue weighted by Crippen LogP contribution is 2.15. The quantitative estimate of drug-likeness (QED) is 0.690. The number of nitrogens with one attached hydrogen (secondary N) is 3. The smallest absolute Gasteiger partial charge is 0.282 e. The molecule has 0 heterocycles. The molecule has 0 radical (unpaired) electrons. The zero-order valence-electron chi connectivity index (χ0n) is 15.0. The van der Waals surface area contributed by atoms with Gasteiger partial charge in [0, 0.05) is 16.4 Å². The Balaban J connectivity index is 1.87. The number of likely N-dealkylation sites (N-methyl/N-ethyl adjacent to an activating group) is 1. The van der Waals surface area contributed by atoms with Gasteiger partial charge in [0.2, 0.25) is 0 Å². The number of halogens is 1. The maximum atomic E-state index is 12.4. The van der Waals surface area contributed by atoms with E-state index in [1.54, 1.807) is 69.6 Å². The van der Waals surface area contributed by atoms with E-state index in [1.165, 1.54) is 0 Å². The Kier molecular flexibility index (Phi) is 7.00. The van der Waals surface area contributed by atoms with Gasteiger partial charge in [-0.2, -0.15) is 0 Å². The van der Waals surface area contributed by atoms with Gasteiger partial charge in [0.1, 0.15) is 5.75 Å². The predicted molar refractivity (Wildman–Crippen MR) is 103 cm³/mol. The summed E-state index contributed by atoms with van der Waals surface area (Å²) in [5.41, 5.74) is 1.31. The topological polar surface area (TPSA) is 71.9 Å². The van der Waals surface area contributed by atoms with Crippen LogP contribution in [0.2, 0.25) is 5.02 Å². The Labute approximate surface area is 158 Å². The van der Waals surface area contributed by atoms with Crippen LogP contribution in [-0.4, -0.2) is 38.6 Å². The van der Waals surface area contributed by atoms with Crippen LogP contribution in [0, 0.1) is 0 Å². The lowest BCUT2D eigenvalue weighted by atomic mass is 10.2. The Hall–Kier alpha value is -2.57. The molecule has 0 saturated heterocycles. The zero-order valence-corrected chi connectivity index (χ0v) is 15.8. The molecule has 26 heavy (non-hydrogen) atoms. The predicted octanol–water partition coefficient (Wildman–Crippen LogP) is 1.83. The number of rotatable bonds is 7. The van der Waals surface area contributed by atoms with Gasteiger partial charge in [-0.3, -0.25) is 9.59 Å². The monoisotopic (exact) mass is 376 g/mol. The first-order chi connectivity index (χ1) is 12.4. The standard InChI is InChI=1S/C19H22ClN3O3/c1-13(19(25)22-16-6-4-5-14(20)11-16)23(2)12-18(24)21-15-7-9-17(26-3)10-8-15/h4-11,13H,12H2,1-3H3,(H,21,24)(H,22,25)/p+1/t13-/m0/s1. The van der Waals surface area contributed by atoms with E-state index in [1.807, 2.05) is 0 Å². The molecule has 1 unspecified atom stereocenters. The minimum atomic E-state index is -0.407. The van der Waals surface area contributed by atoms with Crippen LogP contribution >= 0.6 is 11.6 Å². The number of benzene rings is 2. The molecular weight excluding hydrogens is 354 g/mol. The van der Waals surface area contributed by atoms with Crippen molar-refractivity contribution in [2.75, 3.05) is 31.3 Å². The fourth-order valence-corrected chi connectivity index (χ4v) is 2.52. The number of carbonyl (C=O) groups is 2. The minimum Gasteiger partial charge on any atom is -0.497 e. The van der Waals surface area contributed by atoms with Crippen LogP contribution in [-0.2, 0) is 9.59 Å². The number of ether oxygens (including phenoxy) is 1. The van der Waals surface area contributed by atoms with Gasteiger partial charge in [-0.25, -0.2) is 0 Å². The second-order valence-corrected chi connectivity index (χ2v) is 6.46. The summed E-state index contributed by atoms with van der Waals surface area (Å²) < 4.78 is 5.08. The summed E-state index contributed by atoms with van der Waals surface area (Å²) in [6.07, 6.45) is 0. The van der Waals surface area contributed by atoms with Gasteiger partial charge in [-0.05, 0) is 49.4 Å². The molecule has 0 bridgehead atoms. The van der Waals surface area contributed by atoms with Gasteiger partial charge in [0.05, 0.1) is 14.2 Å². The van der Waals surface area contributed by atoms with E-state index in [0.29, 0.717) is 16.4 Å². The fourth-order valence-electron chi connectivity index (χ4n) is 2.33. The van der Waals surface area contributed by atoms with E-state index in [9.17, 15) is 9.59 Å². The Morgan fingerprint density at radius 2 is 1.81 bits per heavy atom. The van der Waals surface area contributed by atoms with E-state index < -0.39 is 6.04 Å². The number of methoxy groups -OCH3 is 1. The largest absolute Gasteiger partial charge is 0.497 e. The van der Waals surface area contributed by atoms with Crippen molar-refractivity contribution < 1.29 is 19.2 Å². The van der Waals surface area contributed by atoms with Crippen LogP contribution in [0.15, 0.2) is 48.5 Å². The van der Waals surface area contributed by atoms with Gasteiger partial charge in [0.25, 0.3) is 11.8 Å². The number of quaternary nitrogens is 1. The van der Waals surface area contributed by atoms with Gasteiger partial charge < -0.3 is 20.3 Å². The lowest BCUT2D eigenvalue weighted by molar-refractivity contribution is -0.885. The van der Waals surface area contributed by atoms with Crippen molar-refractivity contribution in [2.45, 2.75) is 13.0 Å². The zero-order chi connectivity index (χ0) is 19.1. The molecule has 0 saturated carbocycles. The van der Waals surface area contributed by atoms with Crippen LogP contribution in [0.1, 0.15) is 6.92 Å². The summed E-state index contributed by atoms with van der Waals surface area (Å²) in [5, 5.41) is 6.17. The SMILES string of the molecule is COc1ccc(NC(=O)C[NH+](C)[C@@H](C)C(=O)Nc2cccc(Cl)c2)cc1. The molecule has 6 nitrogen and oxygen atoms in total. The summed E-state index contributed by atoms with van der Waals surface area (Å²) in [7, 11) is 3.39. The first kappa shape index (κ1) is 19.8. The Bertz CT molecular complexity index is 765. The molecule has 3 N–H and O–H groups in total. The molecule has 0 aliphatic heterocycles. The van der Waals surface area contributed by atoms with Gasteiger partial charge in [0.15, 0.2) is 12.6 Å². The molecule has 2 aromatic carbocycles. The lowest BCUT2D eigenvalue weighted by Gasteiger charge is -2.20. The highest BCUT2D eigenvalue weighted by molar-refractivity contribution is 6.30. The molecule has 0 spiro atoms. The third-order valence-corrected chi connectivity index (χ3v) is 4.27. The first-order valence-electron chi connectivity index (χ1n) is 8.21. The summed E-state index contributed by atoms with van der Waals surface area (Å²) >= 11 is 5.92. The molecule has 138 valence electrons. The number of anilines is 2. The molecule has 2 amide bonds. The second kappa shape index (κ2) is 9.22. The highest BCUT2D eigenvalue weighted by atomic mass is 35.5. The van der Waals surface area contributed by atoms with Crippen LogP contribution in [0.4, 0.5) is 11.4 Å². The van der Waals surface area contributed by atoms with Crippen molar-refractivity contribution in [2.24, 2.45) is 0 Å². The molecule has 2 aromatic rings. The molecular formula is C19H23ClN3O3+. The van der Waals surface area contributed by atoms with Crippen molar-refractivity contribution in [3.63, 3.8) is 0 Å². The molecule has 0 fully saturated rings. The maximum Gasteiger partial charge on any atom is 0.282 e. The third kappa shape index (κ3) is 5.75. The van der Waals surface area contributed by atoms with Crippen LogP contribution in [0.25, 0.3) is 0 Å². The lowest BCUT2D eigenvalue weighted by Crippen LogP contribution is -3.14. The van der Waals surface area contributed by atoms with Crippen molar-refractivity contribution >= 4 is 34.8 Å².